The van der Waals surface area contributed by atoms with Crippen LogP contribution in [0.3, 0.4) is 0 Å². The van der Waals surface area contributed by atoms with Crippen molar-refractivity contribution in [2.24, 2.45) is 11.7 Å². The summed E-state index contributed by atoms with van der Waals surface area (Å²) in [6.07, 6.45) is 5.17. The summed E-state index contributed by atoms with van der Waals surface area (Å²) in [5.41, 5.74) is 5.98. The molecule has 2 heteroatoms. The fourth-order valence-electron chi connectivity index (χ4n) is 1.66. The molecule has 74 valence electrons. The average molecular weight is 181 g/mol. The van der Waals surface area contributed by atoms with E-state index >= 15 is 0 Å². The summed E-state index contributed by atoms with van der Waals surface area (Å²) in [6, 6.07) is 3.90. The maximum absolute atomic E-state index is 5.98. The van der Waals surface area contributed by atoms with Gasteiger partial charge in [-0.05, 0) is 24.5 Å². The molecule has 0 saturated heterocycles. The van der Waals surface area contributed by atoms with E-state index in [1.807, 2.05) is 12.1 Å². The highest BCUT2D eigenvalue weighted by atomic mass is 16.3. The molecule has 0 aromatic carbocycles. The topological polar surface area (TPSA) is 39.2 Å². The largest absolute Gasteiger partial charge is 0.468 e. The summed E-state index contributed by atoms with van der Waals surface area (Å²) in [4.78, 5) is 0. The van der Waals surface area contributed by atoms with E-state index in [1.54, 1.807) is 6.26 Å². The van der Waals surface area contributed by atoms with Crippen LogP contribution >= 0.6 is 0 Å². The van der Waals surface area contributed by atoms with Crippen molar-refractivity contribution >= 4 is 0 Å². The Hall–Kier alpha value is -0.760. The molecule has 0 fully saturated rings. The van der Waals surface area contributed by atoms with Crippen LogP contribution in [-0.4, -0.2) is 0 Å². The normalized spacial score (nSPS) is 15.6. The molecular formula is C11H19NO. The minimum Gasteiger partial charge on any atom is -0.468 e. The Kier molecular flexibility index (Phi) is 4.03. The van der Waals surface area contributed by atoms with Gasteiger partial charge in [-0.15, -0.1) is 0 Å². The van der Waals surface area contributed by atoms with Gasteiger partial charge in [0.15, 0.2) is 0 Å². The van der Waals surface area contributed by atoms with Crippen molar-refractivity contribution in [1.82, 2.24) is 0 Å². The van der Waals surface area contributed by atoms with E-state index in [4.69, 9.17) is 10.2 Å². The maximum atomic E-state index is 5.98. The first-order valence-corrected chi connectivity index (χ1v) is 5.03. The van der Waals surface area contributed by atoms with Crippen LogP contribution in [-0.2, 0) is 0 Å². The molecule has 13 heavy (non-hydrogen) atoms. The van der Waals surface area contributed by atoms with Crippen LogP contribution in [0.2, 0.25) is 0 Å². The minimum atomic E-state index is 0.0662. The highest BCUT2D eigenvalue weighted by Gasteiger charge is 2.12. The molecule has 2 unspecified atom stereocenters. The molecule has 1 heterocycles. The molecule has 2 N–H and O–H groups in total. The lowest BCUT2D eigenvalue weighted by Crippen LogP contribution is -2.13. The van der Waals surface area contributed by atoms with Gasteiger partial charge in [-0.2, -0.15) is 0 Å². The van der Waals surface area contributed by atoms with E-state index in [0.29, 0.717) is 5.92 Å². The second kappa shape index (κ2) is 5.07. The van der Waals surface area contributed by atoms with Crippen LogP contribution in [0.1, 0.15) is 44.9 Å². The minimum absolute atomic E-state index is 0.0662. The number of hydrogen-bond donors (Lipinski definition) is 1. The summed E-state index contributed by atoms with van der Waals surface area (Å²) >= 11 is 0. The Labute approximate surface area is 80.1 Å². The Morgan fingerprint density at radius 2 is 2.31 bits per heavy atom. The number of hydrogen-bond acceptors (Lipinski definition) is 2. The van der Waals surface area contributed by atoms with Crippen molar-refractivity contribution < 1.29 is 4.42 Å². The van der Waals surface area contributed by atoms with Crippen LogP contribution in [0, 0.1) is 5.92 Å². The molecule has 0 radical (unpaired) electrons. The van der Waals surface area contributed by atoms with E-state index in [0.717, 1.165) is 12.2 Å². The zero-order valence-corrected chi connectivity index (χ0v) is 8.49. The molecule has 0 bridgehead atoms. The number of nitrogens with two attached hydrogens (primary N) is 1. The predicted molar refractivity (Wildman–Crippen MR) is 54.3 cm³/mol. The Morgan fingerprint density at radius 1 is 1.54 bits per heavy atom. The standard InChI is InChI=1S/C11H19NO/c1-3-5-9(2)8-10(12)11-6-4-7-13-11/h4,6-7,9-10H,3,5,8,12H2,1-2H3. The molecule has 1 aromatic rings. The van der Waals surface area contributed by atoms with Gasteiger partial charge in [0.25, 0.3) is 0 Å². The average Bonchev–Trinajstić information content (AvgIpc) is 2.55. The molecule has 1 aromatic heterocycles. The first kappa shape index (κ1) is 10.3. The van der Waals surface area contributed by atoms with Gasteiger partial charge < -0.3 is 10.2 Å². The van der Waals surface area contributed by atoms with Gasteiger partial charge in [-0.3, -0.25) is 0 Å². The first-order valence-electron chi connectivity index (χ1n) is 5.03. The van der Waals surface area contributed by atoms with Crippen LogP contribution in [0.25, 0.3) is 0 Å². The molecule has 0 aliphatic carbocycles. The fraction of sp³-hybridized carbons (Fsp3) is 0.636. The third kappa shape index (κ3) is 3.23. The van der Waals surface area contributed by atoms with Crippen molar-refractivity contribution in [2.45, 2.75) is 39.2 Å². The highest BCUT2D eigenvalue weighted by molar-refractivity contribution is 5.03. The van der Waals surface area contributed by atoms with E-state index in [1.165, 1.54) is 12.8 Å². The van der Waals surface area contributed by atoms with Crippen LogP contribution < -0.4 is 5.73 Å². The SMILES string of the molecule is CCCC(C)CC(N)c1ccco1. The quantitative estimate of drug-likeness (QED) is 0.758. The van der Waals surface area contributed by atoms with Crippen molar-refractivity contribution in [3.8, 4) is 0 Å². The third-order valence-electron chi connectivity index (χ3n) is 2.35. The summed E-state index contributed by atoms with van der Waals surface area (Å²) in [7, 11) is 0. The molecule has 0 saturated carbocycles. The lowest BCUT2D eigenvalue weighted by Gasteiger charge is -2.14. The molecule has 0 aliphatic heterocycles. The summed E-state index contributed by atoms with van der Waals surface area (Å²) in [5, 5.41) is 0. The summed E-state index contributed by atoms with van der Waals surface area (Å²) in [5.74, 6) is 1.59. The highest BCUT2D eigenvalue weighted by Crippen LogP contribution is 2.21. The molecular weight excluding hydrogens is 162 g/mol. The predicted octanol–water partition coefficient (Wildman–Crippen LogP) is 3.11. The second-order valence-electron chi connectivity index (χ2n) is 3.75. The van der Waals surface area contributed by atoms with Crippen LogP contribution in [0.15, 0.2) is 22.8 Å². The van der Waals surface area contributed by atoms with Gasteiger partial charge >= 0.3 is 0 Å². The van der Waals surface area contributed by atoms with Gasteiger partial charge in [-0.25, -0.2) is 0 Å². The fourth-order valence-corrected chi connectivity index (χ4v) is 1.66. The summed E-state index contributed by atoms with van der Waals surface area (Å²) in [6.45, 7) is 4.45. The third-order valence-corrected chi connectivity index (χ3v) is 2.35. The van der Waals surface area contributed by atoms with Gasteiger partial charge in [-0.1, -0.05) is 26.7 Å². The number of rotatable bonds is 5. The molecule has 1 rings (SSSR count). The molecule has 0 aliphatic rings. The smallest absolute Gasteiger partial charge is 0.120 e. The molecule has 2 nitrogen and oxygen atoms in total. The van der Waals surface area contributed by atoms with E-state index in [9.17, 15) is 0 Å². The van der Waals surface area contributed by atoms with Crippen molar-refractivity contribution in [1.29, 1.82) is 0 Å². The van der Waals surface area contributed by atoms with Crippen molar-refractivity contribution in [3.05, 3.63) is 24.2 Å². The first-order chi connectivity index (χ1) is 6.24. The zero-order chi connectivity index (χ0) is 9.68. The van der Waals surface area contributed by atoms with Crippen molar-refractivity contribution in [3.63, 3.8) is 0 Å². The zero-order valence-electron chi connectivity index (χ0n) is 8.49. The van der Waals surface area contributed by atoms with E-state index in [2.05, 4.69) is 13.8 Å². The second-order valence-corrected chi connectivity index (χ2v) is 3.75. The lowest BCUT2D eigenvalue weighted by molar-refractivity contribution is 0.387. The number of furan rings is 1. The lowest BCUT2D eigenvalue weighted by atomic mass is 9.97. The Morgan fingerprint density at radius 3 is 2.85 bits per heavy atom. The van der Waals surface area contributed by atoms with Gasteiger partial charge in [0, 0.05) is 0 Å². The monoisotopic (exact) mass is 181 g/mol. The van der Waals surface area contributed by atoms with E-state index in [-0.39, 0.29) is 6.04 Å². The molecule has 0 amide bonds. The van der Waals surface area contributed by atoms with Gasteiger partial charge in [0.2, 0.25) is 0 Å². The molecule has 2 atom stereocenters. The van der Waals surface area contributed by atoms with Crippen molar-refractivity contribution in [2.75, 3.05) is 0 Å². The maximum Gasteiger partial charge on any atom is 0.120 e. The van der Waals surface area contributed by atoms with Gasteiger partial charge in [0.05, 0.1) is 12.3 Å². The van der Waals surface area contributed by atoms with Crippen LogP contribution in [0.5, 0.6) is 0 Å². The van der Waals surface area contributed by atoms with Gasteiger partial charge in [0.1, 0.15) is 5.76 Å². The Balaban J connectivity index is 2.37. The summed E-state index contributed by atoms with van der Waals surface area (Å²) < 4.78 is 5.25. The van der Waals surface area contributed by atoms with E-state index < -0.39 is 0 Å². The molecule has 0 spiro atoms. The van der Waals surface area contributed by atoms with Crippen LogP contribution in [0.4, 0.5) is 0 Å². The Bertz CT molecular complexity index is 218.